The van der Waals surface area contributed by atoms with Crippen molar-refractivity contribution >= 4 is 39.3 Å². The van der Waals surface area contributed by atoms with E-state index in [-0.39, 0.29) is 30.4 Å². The number of carbonyl (C=O) groups excluding carboxylic acids is 2. The topological polar surface area (TPSA) is 58.6 Å². The molecule has 0 unspecified atom stereocenters. The molecular weight excluding hydrogens is 504 g/mol. The van der Waals surface area contributed by atoms with Gasteiger partial charge in [0.1, 0.15) is 11.8 Å². The summed E-state index contributed by atoms with van der Waals surface area (Å²) in [7, 11) is 0. The Kier molecular flexibility index (Phi) is 9.00. The maximum Gasteiger partial charge on any atom is 0.261 e. The quantitative estimate of drug-likeness (QED) is 0.463. The molecule has 0 radical (unpaired) electrons. The molecule has 7 heteroatoms. The number of amides is 2. The van der Waals surface area contributed by atoms with Gasteiger partial charge in [0, 0.05) is 17.1 Å². The van der Waals surface area contributed by atoms with Crippen molar-refractivity contribution in [1.82, 2.24) is 10.2 Å². The predicted octanol–water partition coefficient (Wildman–Crippen LogP) is 6.11. The molecule has 180 valence electrons. The fourth-order valence-corrected chi connectivity index (χ4v) is 3.86. The van der Waals surface area contributed by atoms with Crippen molar-refractivity contribution in [2.24, 2.45) is 0 Å². The van der Waals surface area contributed by atoms with Crippen LogP contribution in [-0.4, -0.2) is 34.9 Å². The number of nitrogens with zero attached hydrogens (tertiary/aromatic N) is 1. The van der Waals surface area contributed by atoms with E-state index in [9.17, 15) is 9.59 Å². The van der Waals surface area contributed by atoms with E-state index in [4.69, 9.17) is 16.3 Å². The standard InChI is InChI=1S/C26H34BrClN2O3/c1-17(24(32)29-26(5,6)7)30(15-18-10-8-9-11-21(18)28)23(31)16-33-22-13-12-19(14-20(22)27)25(2,3)4/h8-14,17H,15-16H2,1-7H3,(H,29,32)/t17-/m1/s1. The van der Waals surface area contributed by atoms with Crippen molar-refractivity contribution in [3.63, 3.8) is 0 Å². The van der Waals surface area contributed by atoms with Crippen LogP contribution in [0.3, 0.4) is 0 Å². The van der Waals surface area contributed by atoms with Crippen molar-refractivity contribution < 1.29 is 14.3 Å². The lowest BCUT2D eigenvalue weighted by Crippen LogP contribution is -2.53. The average molecular weight is 538 g/mol. The van der Waals surface area contributed by atoms with E-state index >= 15 is 0 Å². The zero-order chi connectivity index (χ0) is 25.0. The highest BCUT2D eigenvalue weighted by Gasteiger charge is 2.29. The fraction of sp³-hybridized carbons (Fsp3) is 0.462. The second-order valence-corrected chi connectivity index (χ2v) is 11.5. The molecule has 2 aromatic rings. The van der Waals surface area contributed by atoms with Crippen molar-refractivity contribution in [2.75, 3.05) is 6.61 Å². The summed E-state index contributed by atoms with van der Waals surface area (Å²) >= 11 is 9.88. The Morgan fingerprint density at radius 3 is 2.27 bits per heavy atom. The molecule has 2 aromatic carbocycles. The number of benzene rings is 2. The second-order valence-electron chi connectivity index (χ2n) is 10.2. The van der Waals surface area contributed by atoms with Gasteiger partial charge in [0.2, 0.25) is 5.91 Å². The second kappa shape index (κ2) is 10.9. The van der Waals surface area contributed by atoms with Gasteiger partial charge in [-0.2, -0.15) is 0 Å². The van der Waals surface area contributed by atoms with Gasteiger partial charge in [-0.15, -0.1) is 0 Å². The first-order valence-electron chi connectivity index (χ1n) is 11.0. The van der Waals surface area contributed by atoms with Gasteiger partial charge in [0.25, 0.3) is 5.91 Å². The van der Waals surface area contributed by atoms with Crippen LogP contribution in [0.2, 0.25) is 5.02 Å². The summed E-state index contributed by atoms with van der Waals surface area (Å²) in [6.07, 6.45) is 0. The molecule has 0 fully saturated rings. The van der Waals surface area contributed by atoms with Crippen LogP contribution in [0.1, 0.15) is 59.6 Å². The summed E-state index contributed by atoms with van der Waals surface area (Å²) in [6.45, 7) is 13.8. The van der Waals surface area contributed by atoms with Gasteiger partial charge < -0.3 is 15.0 Å². The summed E-state index contributed by atoms with van der Waals surface area (Å²) in [4.78, 5) is 27.6. The third kappa shape index (κ3) is 8.04. The summed E-state index contributed by atoms with van der Waals surface area (Å²) in [6, 6.07) is 12.4. The van der Waals surface area contributed by atoms with E-state index < -0.39 is 11.6 Å². The molecule has 0 saturated heterocycles. The Bertz CT molecular complexity index is 996. The van der Waals surface area contributed by atoms with Gasteiger partial charge in [0.15, 0.2) is 6.61 Å². The highest BCUT2D eigenvalue weighted by Crippen LogP contribution is 2.31. The average Bonchev–Trinajstić information content (AvgIpc) is 2.69. The lowest BCUT2D eigenvalue weighted by Gasteiger charge is -2.31. The molecule has 0 aromatic heterocycles. The first-order chi connectivity index (χ1) is 15.2. The maximum absolute atomic E-state index is 13.2. The number of carbonyl (C=O) groups is 2. The number of halogens is 2. The number of ether oxygens (including phenoxy) is 1. The number of hydrogen-bond acceptors (Lipinski definition) is 3. The van der Waals surface area contributed by atoms with Crippen molar-refractivity contribution in [3.8, 4) is 5.75 Å². The number of hydrogen-bond donors (Lipinski definition) is 1. The van der Waals surface area contributed by atoms with Crippen LogP contribution >= 0.6 is 27.5 Å². The molecule has 0 bridgehead atoms. The molecular formula is C26H34BrClN2O3. The fourth-order valence-electron chi connectivity index (χ4n) is 3.17. The predicted molar refractivity (Wildman–Crippen MR) is 138 cm³/mol. The van der Waals surface area contributed by atoms with Crippen molar-refractivity contribution in [2.45, 2.75) is 72.0 Å². The molecule has 0 aliphatic rings. The highest BCUT2D eigenvalue weighted by molar-refractivity contribution is 9.10. The first kappa shape index (κ1) is 27.2. The van der Waals surface area contributed by atoms with E-state index in [0.29, 0.717) is 10.8 Å². The molecule has 2 amide bonds. The van der Waals surface area contributed by atoms with Crippen LogP contribution in [0.4, 0.5) is 0 Å². The van der Waals surface area contributed by atoms with Crippen LogP contribution < -0.4 is 10.1 Å². The van der Waals surface area contributed by atoms with Gasteiger partial charge in [-0.25, -0.2) is 0 Å². The zero-order valence-electron chi connectivity index (χ0n) is 20.5. The van der Waals surface area contributed by atoms with Gasteiger partial charge in [-0.1, -0.05) is 56.6 Å². The van der Waals surface area contributed by atoms with E-state index in [1.807, 2.05) is 57.2 Å². The Balaban J connectivity index is 2.22. The lowest BCUT2D eigenvalue weighted by atomic mass is 9.87. The summed E-state index contributed by atoms with van der Waals surface area (Å²) < 4.78 is 6.62. The van der Waals surface area contributed by atoms with E-state index in [2.05, 4.69) is 42.0 Å². The molecule has 0 spiro atoms. The lowest BCUT2D eigenvalue weighted by molar-refractivity contribution is -0.142. The number of nitrogens with one attached hydrogen (secondary N) is 1. The molecule has 0 heterocycles. The third-order valence-corrected chi connectivity index (χ3v) is 6.10. The first-order valence-corrected chi connectivity index (χ1v) is 12.1. The Morgan fingerprint density at radius 2 is 1.73 bits per heavy atom. The van der Waals surface area contributed by atoms with E-state index in [0.717, 1.165) is 15.6 Å². The summed E-state index contributed by atoms with van der Waals surface area (Å²) in [5.74, 6) is 0.0257. The van der Waals surface area contributed by atoms with Crippen molar-refractivity contribution in [3.05, 3.63) is 63.1 Å². The van der Waals surface area contributed by atoms with Gasteiger partial charge in [0.05, 0.1) is 4.47 Å². The monoisotopic (exact) mass is 536 g/mol. The van der Waals surface area contributed by atoms with Crippen LogP contribution in [-0.2, 0) is 21.5 Å². The Hall–Kier alpha value is -2.05. The SMILES string of the molecule is C[C@H](C(=O)NC(C)(C)C)N(Cc1ccccc1Cl)C(=O)COc1ccc(C(C)(C)C)cc1Br. The Labute approximate surface area is 211 Å². The summed E-state index contributed by atoms with van der Waals surface area (Å²) in [5.41, 5.74) is 1.50. The molecule has 5 nitrogen and oxygen atoms in total. The van der Waals surface area contributed by atoms with Gasteiger partial charge in [-0.3, -0.25) is 9.59 Å². The van der Waals surface area contributed by atoms with Crippen LogP contribution in [0.5, 0.6) is 5.75 Å². The normalized spacial score (nSPS) is 12.8. The van der Waals surface area contributed by atoms with E-state index in [1.54, 1.807) is 13.0 Å². The molecule has 0 aliphatic heterocycles. The van der Waals surface area contributed by atoms with Crippen LogP contribution in [0.25, 0.3) is 0 Å². The van der Waals surface area contributed by atoms with Gasteiger partial charge in [-0.05, 0) is 78.4 Å². The van der Waals surface area contributed by atoms with Gasteiger partial charge >= 0.3 is 0 Å². The summed E-state index contributed by atoms with van der Waals surface area (Å²) in [5, 5.41) is 3.49. The van der Waals surface area contributed by atoms with E-state index in [1.165, 1.54) is 4.90 Å². The minimum Gasteiger partial charge on any atom is -0.483 e. The molecule has 2 rings (SSSR count). The molecule has 1 N–H and O–H groups in total. The number of rotatable bonds is 7. The molecule has 0 aliphatic carbocycles. The maximum atomic E-state index is 13.2. The Morgan fingerprint density at radius 1 is 1.09 bits per heavy atom. The van der Waals surface area contributed by atoms with Crippen molar-refractivity contribution in [1.29, 1.82) is 0 Å². The third-order valence-electron chi connectivity index (χ3n) is 5.11. The molecule has 1 atom stereocenters. The molecule has 33 heavy (non-hydrogen) atoms. The smallest absolute Gasteiger partial charge is 0.261 e. The van der Waals surface area contributed by atoms with Crippen LogP contribution in [0.15, 0.2) is 46.9 Å². The minimum atomic E-state index is -0.705. The minimum absolute atomic E-state index is 0.00152. The zero-order valence-corrected chi connectivity index (χ0v) is 22.8. The van der Waals surface area contributed by atoms with Crippen LogP contribution in [0, 0.1) is 0 Å². The largest absolute Gasteiger partial charge is 0.483 e. The highest BCUT2D eigenvalue weighted by atomic mass is 79.9. The molecule has 0 saturated carbocycles.